The van der Waals surface area contributed by atoms with E-state index in [1.165, 1.54) is 10.8 Å². The van der Waals surface area contributed by atoms with E-state index in [0.717, 1.165) is 11.1 Å². The number of benzene rings is 4. The zero-order valence-corrected chi connectivity index (χ0v) is 16.8. The highest BCUT2D eigenvalue weighted by molar-refractivity contribution is 6.30. The van der Waals surface area contributed by atoms with E-state index in [4.69, 9.17) is 16.3 Å². The molecular formula is C25H19ClN2O2. The summed E-state index contributed by atoms with van der Waals surface area (Å²) in [5, 5.41) is 6.91. The topological polar surface area (TPSA) is 50.7 Å². The van der Waals surface area contributed by atoms with Crippen LogP contribution in [0.2, 0.25) is 5.02 Å². The lowest BCUT2D eigenvalue weighted by Gasteiger charge is -2.11. The SMILES string of the molecule is O=C(N/N=C\c1ccccc1OCc1cccc2ccccc12)c1cccc(Cl)c1. The maximum atomic E-state index is 12.2. The first-order chi connectivity index (χ1) is 14.7. The highest BCUT2D eigenvalue weighted by Gasteiger charge is 2.06. The molecule has 0 aliphatic heterocycles. The van der Waals surface area contributed by atoms with Crippen LogP contribution in [0.3, 0.4) is 0 Å². The number of ether oxygens (including phenoxy) is 1. The van der Waals surface area contributed by atoms with Gasteiger partial charge < -0.3 is 4.74 Å². The minimum Gasteiger partial charge on any atom is -0.488 e. The van der Waals surface area contributed by atoms with Crippen LogP contribution in [0.5, 0.6) is 5.75 Å². The molecule has 0 spiro atoms. The third kappa shape index (κ3) is 4.67. The molecule has 0 bridgehead atoms. The van der Waals surface area contributed by atoms with Crippen LogP contribution in [-0.4, -0.2) is 12.1 Å². The van der Waals surface area contributed by atoms with Gasteiger partial charge in [0.2, 0.25) is 0 Å². The number of amides is 1. The smallest absolute Gasteiger partial charge is 0.271 e. The second kappa shape index (κ2) is 9.25. The van der Waals surface area contributed by atoms with Crippen molar-refractivity contribution in [2.45, 2.75) is 6.61 Å². The molecule has 0 aliphatic carbocycles. The maximum absolute atomic E-state index is 12.2. The molecule has 1 N–H and O–H groups in total. The summed E-state index contributed by atoms with van der Waals surface area (Å²) in [5.74, 6) is 0.356. The summed E-state index contributed by atoms with van der Waals surface area (Å²) >= 11 is 5.93. The normalized spacial score (nSPS) is 11.0. The van der Waals surface area contributed by atoms with Gasteiger partial charge >= 0.3 is 0 Å². The number of hydrogen-bond donors (Lipinski definition) is 1. The summed E-state index contributed by atoms with van der Waals surface area (Å²) in [7, 11) is 0. The fourth-order valence-electron chi connectivity index (χ4n) is 3.15. The van der Waals surface area contributed by atoms with Gasteiger partial charge in [0.1, 0.15) is 12.4 Å². The van der Waals surface area contributed by atoms with E-state index in [9.17, 15) is 4.79 Å². The fraction of sp³-hybridized carbons (Fsp3) is 0.0400. The summed E-state index contributed by atoms with van der Waals surface area (Å²) in [6.45, 7) is 0.432. The number of nitrogens with one attached hydrogen (secondary N) is 1. The van der Waals surface area contributed by atoms with Crippen LogP contribution in [0.15, 0.2) is 96.1 Å². The number of halogens is 1. The minimum atomic E-state index is -0.331. The van der Waals surface area contributed by atoms with Gasteiger partial charge in [-0.2, -0.15) is 5.10 Å². The Hall–Kier alpha value is -3.63. The summed E-state index contributed by atoms with van der Waals surface area (Å²) in [4.78, 5) is 12.2. The molecule has 1 amide bonds. The highest BCUT2D eigenvalue weighted by atomic mass is 35.5. The van der Waals surface area contributed by atoms with Crippen LogP contribution in [-0.2, 0) is 6.61 Å². The van der Waals surface area contributed by atoms with Crippen molar-refractivity contribution < 1.29 is 9.53 Å². The lowest BCUT2D eigenvalue weighted by Crippen LogP contribution is -2.17. The van der Waals surface area contributed by atoms with Gasteiger partial charge in [-0.05, 0) is 46.7 Å². The predicted octanol–water partition coefficient (Wildman–Crippen LogP) is 5.84. The van der Waals surface area contributed by atoms with Crippen molar-refractivity contribution in [2.24, 2.45) is 5.10 Å². The Morgan fingerprint density at radius 3 is 2.60 bits per heavy atom. The number of fused-ring (bicyclic) bond motifs is 1. The van der Waals surface area contributed by atoms with Crippen molar-refractivity contribution in [1.29, 1.82) is 0 Å². The Labute approximate surface area is 179 Å². The van der Waals surface area contributed by atoms with E-state index in [2.05, 4.69) is 34.8 Å². The molecule has 4 rings (SSSR count). The van der Waals surface area contributed by atoms with Gasteiger partial charge in [0.15, 0.2) is 0 Å². The molecule has 0 atom stereocenters. The first-order valence-corrected chi connectivity index (χ1v) is 9.86. The third-order valence-electron chi connectivity index (χ3n) is 4.64. The Bertz CT molecular complexity index is 1220. The molecule has 0 saturated carbocycles. The number of hydrogen-bond acceptors (Lipinski definition) is 3. The maximum Gasteiger partial charge on any atom is 0.271 e. The van der Waals surface area contributed by atoms with Gasteiger partial charge in [-0.15, -0.1) is 0 Å². The molecule has 0 radical (unpaired) electrons. The van der Waals surface area contributed by atoms with Crippen molar-refractivity contribution in [3.8, 4) is 5.75 Å². The van der Waals surface area contributed by atoms with Crippen LogP contribution in [0.25, 0.3) is 10.8 Å². The van der Waals surface area contributed by atoms with Gasteiger partial charge in [-0.3, -0.25) is 4.79 Å². The number of hydrazone groups is 1. The summed E-state index contributed by atoms with van der Waals surface area (Å²) in [5.41, 5.74) is 4.83. The van der Waals surface area contributed by atoms with E-state index >= 15 is 0 Å². The van der Waals surface area contributed by atoms with Crippen molar-refractivity contribution in [1.82, 2.24) is 5.43 Å². The highest BCUT2D eigenvalue weighted by Crippen LogP contribution is 2.22. The van der Waals surface area contributed by atoms with Crippen molar-refractivity contribution >= 4 is 34.5 Å². The predicted molar refractivity (Wildman–Crippen MR) is 121 cm³/mol. The molecule has 0 saturated heterocycles. The average molecular weight is 415 g/mol. The van der Waals surface area contributed by atoms with Crippen LogP contribution in [0.1, 0.15) is 21.5 Å². The molecule has 4 aromatic rings. The van der Waals surface area contributed by atoms with Crippen LogP contribution in [0, 0.1) is 0 Å². The van der Waals surface area contributed by atoms with Crippen LogP contribution < -0.4 is 10.2 Å². The van der Waals surface area contributed by atoms with Crippen molar-refractivity contribution in [3.05, 3.63) is 113 Å². The number of rotatable bonds is 6. The molecule has 4 nitrogen and oxygen atoms in total. The second-order valence-corrected chi connectivity index (χ2v) is 7.11. The van der Waals surface area contributed by atoms with E-state index in [1.54, 1.807) is 30.5 Å². The van der Waals surface area contributed by atoms with E-state index in [1.807, 2.05) is 42.5 Å². The van der Waals surface area contributed by atoms with E-state index < -0.39 is 0 Å². The molecule has 148 valence electrons. The Morgan fingerprint density at radius 1 is 0.933 bits per heavy atom. The van der Waals surface area contributed by atoms with Crippen molar-refractivity contribution in [2.75, 3.05) is 0 Å². The fourth-order valence-corrected chi connectivity index (χ4v) is 3.34. The summed E-state index contributed by atoms with van der Waals surface area (Å²) in [6, 6.07) is 28.7. The Morgan fingerprint density at radius 2 is 1.70 bits per heavy atom. The largest absolute Gasteiger partial charge is 0.488 e. The van der Waals surface area contributed by atoms with Gasteiger partial charge in [0.05, 0.1) is 6.21 Å². The molecule has 0 heterocycles. The van der Waals surface area contributed by atoms with Crippen LogP contribution in [0.4, 0.5) is 0 Å². The van der Waals surface area contributed by atoms with Gasteiger partial charge in [0.25, 0.3) is 5.91 Å². The first kappa shape index (κ1) is 19.7. The molecule has 0 fully saturated rings. The van der Waals surface area contributed by atoms with Gasteiger partial charge in [-0.1, -0.05) is 72.3 Å². The Kier molecular flexibility index (Phi) is 6.06. The molecule has 4 aromatic carbocycles. The zero-order valence-electron chi connectivity index (χ0n) is 16.1. The quantitative estimate of drug-likeness (QED) is 0.318. The van der Waals surface area contributed by atoms with Crippen molar-refractivity contribution in [3.63, 3.8) is 0 Å². The standard InChI is InChI=1S/C25H19ClN2O2/c26-22-12-6-10-19(15-22)25(29)28-27-16-20-8-2-4-14-24(20)30-17-21-11-5-9-18-7-1-3-13-23(18)21/h1-16H,17H2,(H,28,29)/b27-16-. The number of carbonyl (C=O) groups is 1. The van der Waals surface area contributed by atoms with Crippen LogP contribution >= 0.6 is 11.6 Å². The summed E-state index contributed by atoms with van der Waals surface area (Å²) < 4.78 is 6.07. The molecule has 0 aromatic heterocycles. The number of nitrogens with zero attached hydrogens (tertiary/aromatic N) is 1. The van der Waals surface area contributed by atoms with Gasteiger partial charge in [-0.25, -0.2) is 5.43 Å². The first-order valence-electron chi connectivity index (χ1n) is 9.48. The average Bonchev–Trinajstić information content (AvgIpc) is 2.78. The van der Waals surface area contributed by atoms with E-state index in [-0.39, 0.29) is 5.91 Å². The number of para-hydroxylation sites is 1. The zero-order chi connectivity index (χ0) is 20.8. The van der Waals surface area contributed by atoms with E-state index in [0.29, 0.717) is 22.9 Å². The molecular weight excluding hydrogens is 396 g/mol. The lowest BCUT2D eigenvalue weighted by molar-refractivity contribution is 0.0955. The molecule has 0 aliphatic rings. The molecule has 5 heteroatoms. The molecule has 30 heavy (non-hydrogen) atoms. The minimum absolute atomic E-state index is 0.331. The molecule has 0 unspecified atom stereocenters. The second-order valence-electron chi connectivity index (χ2n) is 6.67. The summed E-state index contributed by atoms with van der Waals surface area (Å²) in [6.07, 6.45) is 1.57. The number of carbonyl (C=O) groups excluding carboxylic acids is 1. The Balaban J connectivity index is 1.46. The van der Waals surface area contributed by atoms with Gasteiger partial charge in [0, 0.05) is 16.1 Å². The monoisotopic (exact) mass is 414 g/mol. The third-order valence-corrected chi connectivity index (χ3v) is 4.87. The lowest BCUT2D eigenvalue weighted by atomic mass is 10.1.